The standard InChI is InChI=1S/C11H24NO2/c1-7-11(2,3)10(13)14-9-8-12(4,5)6/h7-9H2,1-6H3/q+1. The van der Waals surface area contributed by atoms with Crippen LogP contribution in [0.4, 0.5) is 0 Å². The molecule has 0 aliphatic heterocycles. The minimum absolute atomic E-state index is 0.0894. The monoisotopic (exact) mass is 202 g/mol. The van der Waals surface area contributed by atoms with Gasteiger partial charge < -0.3 is 9.22 Å². The molecule has 0 aliphatic carbocycles. The third-order valence-electron chi connectivity index (χ3n) is 2.43. The van der Waals surface area contributed by atoms with Crippen molar-refractivity contribution in [2.45, 2.75) is 27.2 Å². The largest absolute Gasteiger partial charge is 0.459 e. The normalized spacial score (nSPS) is 12.7. The van der Waals surface area contributed by atoms with Gasteiger partial charge >= 0.3 is 5.97 Å². The molecular weight excluding hydrogens is 178 g/mol. The molecule has 0 aromatic carbocycles. The van der Waals surface area contributed by atoms with E-state index in [-0.39, 0.29) is 11.4 Å². The summed E-state index contributed by atoms with van der Waals surface area (Å²) in [6, 6.07) is 0. The second-order valence-electron chi connectivity index (χ2n) is 5.39. The maximum Gasteiger partial charge on any atom is 0.311 e. The van der Waals surface area contributed by atoms with Gasteiger partial charge in [-0.2, -0.15) is 0 Å². The smallest absolute Gasteiger partial charge is 0.311 e. The van der Waals surface area contributed by atoms with Gasteiger partial charge in [0, 0.05) is 0 Å². The molecule has 0 radical (unpaired) electrons. The van der Waals surface area contributed by atoms with Gasteiger partial charge in [0.25, 0.3) is 0 Å². The van der Waals surface area contributed by atoms with Crippen LogP contribution in [0.25, 0.3) is 0 Å². The summed E-state index contributed by atoms with van der Waals surface area (Å²) in [5, 5.41) is 0. The maximum atomic E-state index is 11.6. The van der Waals surface area contributed by atoms with Crippen LogP contribution in [0.5, 0.6) is 0 Å². The first-order chi connectivity index (χ1) is 6.19. The Balaban J connectivity index is 3.87. The van der Waals surface area contributed by atoms with Crippen molar-refractivity contribution in [3.63, 3.8) is 0 Å². The van der Waals surface area contributed by atoms with Gasteiger partial charge in [0.2, 0.25) is 0 Å². The first-order valence-electron chi connectivity index (χ1n) is 5.17. The SMILES string of the molecule is CCC(C)(C)C(=O)OCC[N+](C)(C)C. The van der Waals surface area contributed by atoms with E-state index in [1.54, 1.807) is 0 Å². The number of likely N-dealkylation sites (N-methyl/N-ethyl adjacent to an activating group) is 1. The Bertz CT molecular complexity index is 192. The molecule has 0 aromatic heterocycles. The van der Waals surface area contributed by atoms with Crippen LogP contribution in [-0.2, 0) is 9.53 Å². The van der Waals surface area contributed by atoms with E-state index in [1.165, 1.54) is 0 Å². The van der Waals surface area contributed by atoms with Crippen molar-refractivity contribution in [3.8, 4) is 0 Å². The molecule has 14 heavy (non-hydrogen) atoms. The van der Waals surface area contributed by atoms with Crippen molar-refractivity contribution in [1.82, 2.24) is 0 Å². The summed E-state index contributed by atoms with van der Waals surface area (Å²) in [5.41, 5.74) is -0.342. The van der Waals surface area contributed by atoms with Crippen LogP contribution in [0.1, 0.15) is 27.2 Å². The first-order valence-corrected chi connectivity index (χ1v) is 5.17. The van der Waals surface area contributed by atoms with Crippen LogP contribution in [-0.4, -0.2) is 44.7 Å². The third kappa shape index (κ3) is 5.22. The highest BCUT2D eigenvalue weighted by molar-refractivity contribution is 5.75. The van der Waals surface area contributed by atoms with Crippen LogP contribution >= 0.6 is 0 Å². The molecule has 0 unspecified atom stereocenters. The molecule has 0 atom stereocenters. The van der Waals surface area contributed by atoms with Crippen molar-refractivity contribution < 1.29 is 14.0 Å². The Morgan fingerprint density at radius 1 is 1.29 bits per heavy atom. The Hall–Kier alpha value is -0.570. The quantitative estimate of drug-likeness (QED) is 0.501. The van der Waals surface area contributed by atoms with Gasteiger partial charge in [0.05, 0.1) is 26.6 Å². The fraction of sp³-hybridized carbons (Fsp3) is 0.909. The number of nitrogens with zero attached hydrogens (tertiary/aromatic N) is 1. The highest BCUT2D eigenvalue weighted by atomic mass is 16.5. The second-order valence-corrected chi connectivity index (χ2v) is 5.39. The Morgan fingerprint density at radius 3 is 2.14 bits per heavy atom. The first kappa shape index (κ1) is 13.4. The molecule has 84 valence electrons. The predicted octanol–water partition coefficient (Wildman–Crippen LogP) is 1.67. The lowest BCUT2D eigenvalue weighted by atomic mass is 9.91. The second kappa shape index (κ2) is 4.78. The highest BCUT2D eigenvalue weighted by Crippen LogP contribution is 2.21. The van der Waals surface area contributed by atoms with Gasteiger partial charge in [-0.3, -0.25) is 4.79 Å². The van der Waals surface area contributed by atoms with Crippen LogP contribution in [0.2, 0.25) is 0 Å². The summed E-state index contributed by atoms with van der Waals surface area (Å²) in [6.07, 6.45) is 0.816. The summed E-state index contributed by atoms with van der Waals surface area (Å²) in [6.45, 7) is 7.20. The predicted molar refractivity (Wildman–Crippen MR) is 57.9 cm³/mol. The van der Waals surface area contributed by atoms with Gasteiger partial charge in [0.15, 0.2) is 0 Å². The fourth-order valence-electron chi connectivity index (χ4n) is 0.752. The summed E-state index contributed by atoms with van der Waals surface area (Å²) in [4.78, 5) is 11.6. The average molecular weight is 202 g/mol. The van der Waals surface area contributed by atoms with Gasteiger partial charge in [-0.05, 0) is 20.3 Å². The lowest BCUT2D eigenvalue weighted by molar-refractivity contribution is -0.870. The Morgan fingerprint density at radius 2 is 1.79 bits per heavy atom. The number of quaternary nitrogens is 1. The van der Waals surface area contributed by atoms with E-state index in [1.807, 2.05) is 20.8 Å². The minimum atomic E-state index is -0.342. The van der Waals surface area contributed by atoms with Crippen LogP contribution in [0, 0.1) is 5.41 Å². The van der Waals surface area contributed by atoms with Crippen molar-refractivity contribution in [2.24, 2.45) is 5.41 Å². The van der Waals surface area contributed by atoms with Crippen molar-refractivity contribution in [1.29, 1.82) is 0 Å². The molecule has 3 heteroatoms. The number of carbonyl (C=O) groups excluding carboxylic acids is 1. The zero-order valence-electron chi connectivity index (χ0n) is 10.4. The summed E-state index contributed by atoms with van der Waals surface area (Å²) < 4.78 is 6.04. The van der Waals surface area contributed by atoms with E-state index in [4.69, 9.17) is 4.74 Å². The van der Waals surface area contributed by atoms with Crippen molar-refractivity contribution >= 4 is 5.97 Å². The molecule has 0 amide bonds. The summed E-state index contributed by atoms with van der Waals surface area (Å²) >= 11 is 0. The van der Waals surface area contributed by atoms with Gasteiger partial charge in [-0.25, -0.2) is 0 Å². The number of rotatable bonds is 5. The molecule has 0 N–H and O–H groups in total. The highest BCUT2D eigenvalue weighted by Gasteiger charge is 2.27. The van der Waals surface area contributed by atoms with E-state index < -0.39 is 0 Å². The molecule has 0 saturated heterocycles. The lowest BCUT2D eigenvalue weighted by Crippen LogP contribution is -2.39. The zero-order valence-corrected chi connectivity index (χ0v) is 10.4. The van der Waals surface area contributed by atoms with Gasteiger partial charge in [-0.1, -0.05) is 6.92 Å². The van der Waals surface area contributed by atoms with E-state index in [2.05, 4.69) is 21.1 Å². The molecule has 0 aliphatic rings. The Labute approximate surface area is 87.6 Å². The van der Waals surface area contributed by atoms with Gasteiger partial charge in [-0.15, -0.1) is 0 Å². The molecule has 0 aromatic rings. The number of hydrogen-bond acceptors (Lipinski definition) is 2. The molecule has 0 heterocycles. The third-order valence-corrected chi connectivity index (χ3v) is 2.43. The molecule has 0 bridgehead atoms. The number of esters is 1. The van der Waals surface area contributed by atoms with E-state index in [0.29, 0.717) is 6.61 Å². The van der Waals surface area contributed by atoms with Crippen molar-refractivity contribution in [2.75, 3.05) is 34.3 Å². The number of ether oxygens (including phenoxy) is 1. The average Bonchev–Trinajstić information content (AvgIpc) is 2.02. The lowest BCUT2D eigenvalue weighted by Gasteiger charge is -2.25. The number of hydrogen-bond donors (Lipinski definition) is 0. The van der Waals surface area contributed by atoms with E-state index >= 15 is 0 Å². The molecule has 0 saturated carbocycles. The molecule has 0 fully saturated rings. The molecule has 0 spiro atoms. The van der Waals surface area contributed by atoms with E-state index in [9.17, 15) is 4.79 Å². The molecule has 0 rings (SSSR count). The molecular formula is C11H24NO2+. The fourth-order valence-corrected chi connectivity index (χ4v) is 0.752. The van der Waals surface area contributed by atoms with Crippen molar-refractivity contribution in [3.05, 3.63) is 0 Å². The van der Waals surface area contributed by atoms with Crippen LogP contribution in [0.3, 0.4) is 0 Å². The summed E-state index contributed by atoms with van der Waals surface area (Å²) in [5.74, 6) is -0.0894. The molecule has 3 nitrogen and oxygen atoms in total. The minimum Gasteiger partial charge on any atom is -0.459 e. The summed E-state index contributed by atoms with van der Waals surface area (Å²) in [7, 11) is 6.25. The topological polar surface area (TPSA) is 26.3 Å². The Kier molecular flexibility index (Phi) is 4.59. The maximum absolute atomic E-state index is 11.6. The van der Waals surface area contributed by atoms with E-state index in [0.717, 1.165) is 17.4 Å². The number of carbonyl (C=O) groups is 1. The van der Waals surface area contributed by atoms with Gasteiger partial charge in [0.1, 0.15) is 13.2 Å². The van der Waals surface area contributed by atoms with Crippen LogP contribution in [0.15, 0.2) is 0 Å². The van der Waals surface area contributed by atoms with Crippen LogP contribution < -0.4 is 0 Å². The zero-order chi connectivity index (χ0) is 11.4.